The van der Waals surface area contributed by atoms with E-state index in [1.807, 2.05) is 13.8 Å². The third-order valence-electron chi connectivity index (χ3n) is 3.46. The first-order chi connectivity index (χ1) is 9.56. The van der Waals surface area contributed by atoms with Crippen molar-refractivity contribution in [3.8, 4) is 0 Å². The molecule has 116 valence electrons. The number of hydrogen-bond acceptors (Lipinski definition) is 2. The lowest BCUT2D eigenvalue weighted by atomic mass is 9.97. The molecule has 20 heavy (non-hydrogen) atoms. The van der Waals surface area contributed by atoms with E-state index in [2.05, 4.69) is 19.1 Å². The molecule has 0 aromatic carbocycles. The van der Waals surface area contributed by atoms with Crippen LogP contribution in [0, 0.1) is 5.92 Å². The van der Waals surface area contributed by atoms with E-state index < -0.39 is 11.9 Å². The Morgan fingerprint density at radius 2 is 1.75 bits per heavy atom. The van der Waals surface area contributed by atoms with Crippen LogP contribution >= 0.6 is 0 Å². The smallest absolute Gasteiger partial charge is 0.307 e. The predicted molar refractivity (Wildman–Crippen MR) is 81.6 cm³/mol. The average molecular weight is 283 g/mol. The van der Waals surface area contributed by atoms with E-state index in [0.29, 0.717) is 19.5 Å². The van der Waals surface area contributed by atoms with Crippen LogP contribution in [0.15, 0.2) is 12.2 Å². The third-order valence-corrected chi connectivity index (χ3v) is 3.46. The summed E-state index contributed by atoms with van der Waals surface area (Å²) >= 11 is 0. The van der Waals surface area contributed by atoms with Crippen LogP contribution in [0.5, 0.6) is 0 Å². The molecule has 1 amide bonds. The molecule has 4 heteroatoms. The maximum Gasteiger partial charge on any atom is 0.307 e. The van der Waals surface area contributed by atoms with E-state index in [4.69, 9.17) is 0 Å². The predicted octanol–water partition coefficient (Wildman–Crippen LogP) is 3.47. The van der Waals surface area contributed by atoms with Crippen LogP contribution in [-0.4, -0.2) is 35.0 Å². The number of nitrogens with zero attached hydrogens (tertiary/aromatic N) is 1. The Balaban J connectivity index is 4.14. The summed E-state index contributed by atoms with van der Waals surface area (Å²) in [5, 5.41) is 9.21. The lowest BCUT2D eigenvalue weighted by Crippen LogP contribution is -2.33. The highest BCUT2D eigenvalue weighted by atomic mass is 16.4. The number of hydrogen-bond donors (Lipinski definition) is 1. The molecule has 0 radical (unpaired) electrons. The number of carboxylic acid groups (broad SMARTS) is 1. The van der Waals surface area contributed by atoms with E-state index in [0.717, 1.165) is 25.7 Å². The van der Waals surface area contributed by atoms with Crippen LogP contribution in [0.3, 0.4) is 0 Å². The van der Waals surface area contributed by atoms with Gasteiger partial charge in [0.05, 0.1) is 5.92 Å². The van der Waals surface area contributed by atoms with E-state index >= 15 is 0 Å². The molecular weight excluding hydrogens is 254 g/mol. The summed E-state index contributed by atoms with van der Waals surface area (Å²) in [6, 6.07) is 0. The minimum atomic E-state index is -0.852. The van der Waals surface area contributed by atoms with Gasteiger partial charge in [-0.05, 0) is 39.5 Å². The number of amides is 1. The minimum absolute atomic E-state index is 0.0479. The van der Waals surface area contributed by atoms with Crippen molar-refractivity contribution < 1.29 is 14.7 Å². The Labute approximate surface area is 122 Å². The zero-order valence-corrected chi connectivity index (χ0v) is 13.1. The fourth-order valence-corrected chi connectivity index (χ4v) is 2.17. The number of unbranched alkanes of at least 4 members (excludes halogenated alkanes) is 2. The number of carbonyl (C=O) groups is 2. The normalized spacial score (nSPS) is 12.6. The fourth-order valence-electron chi connectivity index (χ4n) is 2.17. The lowest BCUT2D eigenvalue weighted by molar-refractivity contribution is -0.146. The SMILES string of the molecule is CC/C=C/CCCCC(CC(=O)N(CC)CC)C(=O)O. The van der Waals surface area contributed by atoms with Crippen molar-refractivity contribution >= 4 is 11.9 Å². The van der Waals surface area contributed by atoms with Gasteiger partial charge in [0, 0.05) is 19.5 Å². The number of carbonyl (C=O) groups excluding carboxylic acids is 1. The Morgan fingerprint density at radius 1 is 1.10 bits per heavy atom. The van der Waals surface area contributed by atoms with Crippen LogP contribution < -0.4 is 0 Å². The van der Waals surface area contributed by atoms with Gasteiger partial charge in [0.25, 0.3) is 0 Å². The Hall–Kier alpha value is -1.32. The summed E-state index contributed by atoms with van der Waals surface area (Å²) in [7, 11) is 0. The molecule has 0 bridgehead atoms. The fraction of sp³-hybridized carbons (Fsp3) is 0.750. The van der Waals surface area contributed by atoms with Crippen molar-refractivity contribution in [2.75, 3.05) is 13.1 Å². The second-order valence-corrected chi connectivity index (χ2v) is 4.97. The van der Waals surface area contributed by atoms with Gasteiger partial charge in [0.1, 0.15) is 0 Å². The van der Waals surface area contributed by atoms with E-state index in [1.165, 1.54) is 0 Å². The minimum Gasteiger partial charge on any atom is -0.481 e. The molecule has 1 unspecified atom stereocenters. The van der Waals surface area contributed by atoms with E-state index in [9.17, 15) is 14.7 Å². The Kier molecular flexibility index (Phi) is 10.7. The first-order valence-electron chi connectivity index (χ1n) is 7.72. The van der Waals surface area contributed by atoms with Crippen molar-refractivity contribution in [2.45, 2.75) is 59.3 Å². The molecule has 0 saturated carbocycles. The molecule has 0 heterocycles. The van der Waals surface area contributed by atoms with Gasteiger partial charge >= 0.3 is 5.97 Å². The van der Waals surface area contributed by atoms with Gasteiger partial charge in [-0.2, -0.15) is 0 Å². The van der Waals surface area contributed by atoms with Gasteiger partial charge in [-0.15, -0.1) is 0 Å². The molecule has 0 saturated heterocycles. The molecule has 0 spiro atoms. The summed E-state index contributed by atoms with van der Waals surface area (Å²) < 4.78 is 0. The monoisotopic (exact) mass is 283 g/mol. The highest BCUT2D eigenvalue weighted by Crippen LogP contribution is 2.16. The van der Waals surface area contributed by atoms with Crippen molar-refractivity contribution in [1.29, 1.82) is 0 Å². The second kappa shape index (κ2) is 11.5. The molecule has 0 aliphatic heterocycles. The maximum absolute atomic E-state index is 11.9. The van der Waals surface area contributed by atoms with E-state index in [-0.39, 0.29) is 12.3 Å². The molecular formula is C16H29NO3. The van der Waals surface area contributed by atoms with Crippen LogP contribution in [-0.2, 0) is 9.59 Å². The third kappa shape index (κ3) is 7.97. The number of carboxylic acids is 1. The van der Waals surface area contributed by atoms with Crippen molar-refractivity contribution in [2.24, 2.45) is 5.92 Å². The second-order valence-electron chi connectivity index (χ2n) is 4.97. The van der Waals surface area contributed by atoms with Crippen molar-refractivity contribution in [1.82, 2.24) is 4.90 Å². The summed E-state index contributed by atoms with van der Waals surface area (Å²) in [6.07, 6.45) is 8.84. The average Bonchev–Trinajstić information content (AvgIpc) is 2.42. The van der Waals surface area contributed by atoms with Crippen molar-refractivity contribution in [3.63, 3.8) is 0 Å². The molecule has 1 N–H and O–H groups in total. The topological polar surface area (TPSA) is 57.6 Å². The molecule has 0 fully saturated rings. The van der Waals surface area contributed by atoms with Crippen molar-refractivity contribution in [3.05, 3.63) is 12.2 Å². The molecule has 0 rings (SSSR count). The highest BCUT2D eigenvalue weighted by molar-refractivity contribution is 5.82. The zero-order valence-electron chi connectivity index (χ0n) is 13.1. The van der Waals surface area contributed by atoms with Gasteiger partial charge in [-0.1, -0.05) is 25.5 Å². The summed E-state index contributed by atoms with van der Waals surface area (Å²) in [6.45, 7) is 7.21. The van der Waals surface area contributed by atoms with Gasteiger partial charge in [0.15, 0.2) is 0 Å². The summed E-state index contributed by atoms with van der Waals surface area (Å²) in [4.78, 5) is 24.9. The standard InChI is InChI=1S/C16H29NO3/c1-4-7-8-9-10-11-12-14(16(19)20)13-15(18)17(5-2)6-3/h7-8,14H,4-6,9-13H2,1-3H3,(H,19,20)/b8-7+. The molecule has 0 aliphatic rings. The molecule has 0 aromatic rings. The summed E-state index contributed by atoms with van der Waals surface area (Å²) in [5.41, 5.74) is 0. The molecule has 0 aliphatic carbocycles. The van der Waals surface area contributed by atoms with Gasteiger partial charge < -0.3 is 10.0 Å². The molecule has 1 atom stereocenters. The lowest BCUT2D eigenvalue weighted by Gasteiger charge is -2.21. The first-order valence-corrected chi connectivity index (χ1v) is 7.72. The quantitative estimate of drug-likeness (QED) is 0.466. The number of rotatable bonds is 11. The van der Waals surface area contributed by atoms with Gasteiger partial charge in [-0.3, -0.25) is 9.59 Å². The van der Waals surface area contributed by atoms with Gasteiger partial charge in [0.2, 0.25) is 5.91 Å². The van der Waals surface area contributed by atoms with Gasteiger partial charge in [-0.25, -0.2) is 0 Å². The van der Waals surface area contributed by atoms with Crippen LogP contribution in [0.1, 0.15) is 59.3 Å². The molecule has 4 nitrogen and oxygen atoms in total. The molecule has 0 aromatic heterocycles. The number of allylic oxidation sites excluding steroid dienone is 2. The zero-order chi connectivity index (χ0) is 15.4. The number of aliphatic carboxylic acids is 1. The van der Waals surface area contributed by atoms with Crippen LogP contribution in [0.25, 0.3) is 0 Å². The van der Waals surface area contributed by atoms with Crippen LogP contribution in [0.4, 0.5) is 0 Å². The first kappa shape index (κ1) is 18.7. The highest BCUT2D eigenvalue weighted by Gasteiger charge is 2.22. The van der Waals surface area contributed by atoms with Crippen LogP contribution in [0.2, 0.25) is 0 Å². The van der Waals surface area contributed by atoms with E-state index in [1.54, 1.807) is 4.90 Å². The Morgan fingerprint density at radius 3 is 2.25 bits per heavy atom. The maximum atomic E-state index is 11.9. The largest absolute Gasteiger partial charge is 0.481 e. The summed E-state index contributed by atoms with van der Waals surface area (Å²) in [5.74, 6) is -1.44. The Bertz CT molecular complexity index is 309.